The van der Waals surface area contributed by atoms with Crippen LogP contribution in [0, 0.1) is 6.92 Å². The number of hydrogen-bond acceptors (Lipinski definition) is 3. The molecule has 0 aliphatic carbocycles. The van der Waals surface area contributed by atoms with Gasteiger partial charge in [0.1, 0.15) is 0 Å². The lowest BCUT2D eigenvalue weighted by Gasteiger charge is -2.07. The molecular formula is C11H17NOS. The first-order chi connectivity index (χ1) is 6.59. The van der Waals surface area contributed by atoms with E-state index in [-0.39, 0.29) is 5.78 Å². The monoisotopic (exact) mass is 211 g/mol. The fraction of sp³-hybridized carbons (Fsp3) is 0.545. The number of Topliss-reactive ketones (excluding diaryl/α,β-unsaturated/α-hetero) is 1. The SMILES string of the molecule is Cc1cc(C(=O)CCCN(C)C)cs1. The predicted octanol–water partition coefficient (Wildman–Crippen LogP) is 2.58. The minimum absolute atomic E-state index is 0.274. The van der Waals surface area contributed by atoms with Gasteiger partial charge in [0, 0.05) is 22.2 Å². The fourth-order valence-corrected chi connectivity index (χ4v) is 2.00. The molecule has 1 aromatic rings. The number of aryl methyl sites for hydroxylation is 1. The van der Waals surface area contributed by atoms with Gasteiger partial charge in [-0.1, -0.05) is 0 Å². The Morgan fingerprint density at radius 3 is 2.71 bits per heavy atom. The second kappa shape index (κ2) is 5.27. The van der Waals surface area contributed by atoms with Gasteiger partial charge in [-0.25, -0.2) is 0 Å². The second-order valence-corrected chi connectivity index (χ2v) is 4.89. The third-order valence-electron chi connectivity index (χ3n) is 2.06. The number of carbonyl (C=O) groups excluding carboxylic acids is 1. The summed E-state index contributed by atoms with van der Waals surface area (Å²) in [5.74, 6) is 0.274. The van der Waals surface area contributed by atoms with E-state index in [4.69, 9.17) is 0 Å². The average Bonchev–Trinajstić information content (AvgIpc) is 2.51. The molecule has 14 heavy (non-hydrogen) atoms. The molecule has 1 rings (SSSR count). The highest BCUT2D eigenvalue weighted by Gasteiger charge is 2.06. The molecular weight excluding hydrogens is 194 g/mol. The third-order valence-corrected chi connectivity index (χ3v) is 2.92. The van der Waals surface area contributed by atoms with Crippen LogP contribution in [-0.2, 0) is 0 Å². The molecule has 0 saturated heterocycles. The molecule has 0 amide bonds. The summed E-state index contributed by atoms with van der Waals surface area (Å²) in [6.07, 6.45) is 1.61. The van der Waals surface area contributed by atoms with Crippen molar-refractivity contribution in [3.63, 3.8) is 0 Å². The molecule has 1 aromatic heterocycles. The van der Waals surface area contributed by atoms with Gasteiger partial charge in [0.25, 0.3) is 0 Å². The highest BCUT2D eigenvalue weighted by atomic mass is 32.1. The third kappa shape index (κ3) is 3.60. The molecule has 2 nitrogen and oxygen atoms in total. The summed E-state index contributed by atoms with van der Waals surface area (Å²) in [7, 11) is 4.05. The first-order valence-corrected chi connectivity index (χ1v) is 5.70. The van der Waals surface area contributed by atoms with Crippen LogP contribution in [0.4, 0.5) is 0 Å². The van der Waals surface area contributed by atoms with E-state index in [1.165, 1.54) is 4.88 Å². The van der Waals surface area contributed by atoms with Crippen molar-refractivity contribution in [1.82, 2.24) is 4.90 Å². The van der Waals surface area contributed by atoms with Gasteiger partial charge < -0.3 is 4.90 Å². The van der Waals surface area contributed by atoms with Crippen LogP contribution in [0.2, 0.25) is 0 Å². The van der Waals surface area contributed by atoms with Crippen LogP contribution in [0.3, 0.4) is 0 Å². The first-order valence-electron chi connectivity index (χ1n) is 4.82. The Hall–Kier alpha value is -0.670. The zero-order chi connectivity index (χ0) is 10.6. The Balaban J connectivity index is 2.36. The van der Waals surface area contributed by atoms with E-state index in [2.05, 4.69) is 4.90 Å². The Labute approximate surface area is 89.5 Å². The van der Waals surface area contributed by atoms with Crippen molar-refractivity contribution in [1.29, 1.82) is 0 Å². The van der Waals surface area contributed by atoms with Gasteiger partial charge in [-0.2, -0.15) is 0 Å². The molecule has 3 heteroatoms. The summed E-state index contributed by atoms with van der Waals surface area (Å²) in [4.78, 5) is 14.9. The van der Waals surface area contributed by atoms with E-state index in [0.717, 1.165) is 18.5 Å². The predicted molar refractivity (Wildman–Crippen MR) is 61.2 cm³/mol. The number of rotatable bonds is 5. The maximum atomic E-state index is 11.6. The Bertz CT molecular complexity index is 304. The van der Waals surface area contributed by atoms with E-state index in [1.54, 1.807) is 11.3 Å². The molecule has 0 saturated carbocycles. The van der Waals surface area contributed by atoms with E-state index in [0.29, 0.717) is 6.42 Å². The van der Waals surface area contributed by atoms with Crippen LogP contribution in [-0.4, -0.2) is 31.3 Å². The van der Waals surface area contributed by atoms with Gasteiger partial charge in [-0.3, -0.25) is 4.79 Å². The lowest BCUT2D eigenvalue weighted by Crippen LogP contribution is -2.14. The Kier molecular flexibility index (Phi) is 4.29. The van der Waals surface area contributed by atoms with Gasteiger partial charge in [0.15, 0.2) is 5.78 Å². The molecule has 0 radical (unpaired) electrons. The Morgan fingerprint density at radius 2 is 2.21 bits per heavy atom. The maximum absolute atomic E-state index is 11.6. The van der Waals surface area contributed by atoms with Gasteiger partial charge in [0.2, 0.25) is 0 Å². The molecule has 78 valence electrons. The van der Waals surface area contributed by atoms with Crippen molar-refractivity contribution in [2.75, 3.05) is 20.6 Å². The summed E-state index contributed by atoms with van der Waals surface area (Å²) in [6, 6.07) is 1.97. The van der Waals surface area contributed by atoms with Gasteiger partial charge in [0.05, 0.1) is 0 Å². The van der Waals surface area contributed by atoms with Crippen molar-refractivity contribution >= 4 is 17.1 Å². The first kappa shape index (κ1) is 11.4. The maximum Gasteiger partial charge on any atom is 0.163 e. The molecule has 0 spiro atoms. The molecule has 0 aliphatic rings. The largest absolute Gasteiger partial charge is 0.309 e. The molecule has 1 heterocycles. The van der Waals surface area contributed by atoms with Crippen LogP contribution in [0.5, 0.6) is 0 Å². The summed E-state index contributed by atoms with van der Waals surface area (Å²) in [6.45, 7) is 3.01. The van der Waals surface area contributed by atoms with Crippen molar-refractivity contribution < 1.29 is 4.79 Å². The van der Waals surface area contributed by atoms with Crippen LogP contribution in [0.1, 0.15) is 28.1 Å². The van der Waals surface area contributed by atoms with Crippen molar-refractivity contribution in [2.24, 2.45) is 0 Å². The quantitative estimate of drug-likeness (QED) is 0.698. The molecule has 0 unspecified atom stereocenters. The normalized spacial score (nSPS) is 10.9. The van der Waals surface area contributed by atoms with Crippen LogP contribution >= 0.6 is 11.3 Å². The molecule has 0 N–H and O–H groups in total. The van der Waals surface area contributed by atoms with Crippen molar-refractivity contribution in [2.45, 2.75) is 19.8 Å². The summed E-state index contributed by atoms with van der Waals surface area (Å²) >= 11 is 1.64. The Morgan fingerprint density at radius 1 is 1.50 bits per heavy atom. The van der Waals surface area contributed by atoms with E-state index in [9.17, 15) is 4.79 Å². The van der Waals surface area contributed by atoms with E-state index < -0.39 is 0 Å². The van der Waals surface area contributed by atoms with Crippen molar-refractivity contribution in [3.05, 3.63) is 21.9 Å². The van der Waals surface area contributed by atoms with Crippen molar-refractivity contribution in [3.8, 4) is 0 Å². The number of thiophene rings is 1. The molecule has 0 fully saturated rings. The molecule has 0 bridgehead atoms. The summed E-state index contributed by atoms with van der Waals surface area (Å²) < 4.78 is 0. The molecule has 0 aliphatic heterocycles. The highest BCUT2D eigenvalue weighted by Crippen LogP contribution is 2.15. The zero-order valence-corrected chi connectivity index (χ0v) is 9.86. The molecule has 0 aromatic carbocycles. The average molecular weight is 211 g/mol. The topological polar surface area (TPSA) is 20.3 Å². The fourth-order valence-electron chi connectivity index (χ4n) is 1.29. The second-order valence-electron chi connectivity index (χ2n) is 3.78. The minimum atomic E-state index is 0.274. The van der Waals surface area contributed by atoms with Gasteiger partial charge in [-0.05, 0) is 40.1 Å². The number of nitrogens with zero attached hydrogens (tertiary/aromatic N) is 1. The van der Waals surface area contributed by atoms with Gasteiger partial charge in [-0.15, -0.1) is 11.3 Å². The van der Waals surface area contributed by atoms with Crippen LogP contribution in [0.25, 0.3) is 0 Å². The lowest BCUT2D eigenvalue weighted by molar-refractivity contribution is 0.0977. The summed E-state index contributed by atoms with van der Waals surface area (Å²) in [5, 5.41) is 1.95. The zero-order valence-electron chi connectivity index (χ0n) is 9.04. The number of ketones is 1. The minimum Gasteiger partial charge on any atom is -0.309 e. The van der Waals surface area contributed by atoms with E-state index in [1.807, 2.05) is 32.5 Å². The summed E-state index contributed by atoms with van der Waals surface area (Å²) in [5.41, 5.74) is 0.881. The lowest BCUT2D eigenvalue weighted by atomic mass is 10.1. The standard InChI is InChI=1S/C11H17NOS/c1-9-7-10(8-14-9)11(13)5-4-6-12(2)3/h7-8H,4-6H2,1-3H3. The van der Waals surface area contributed by atoms with Gasteiger partial charge >= 0.3 is 0 Å². The van der Waals surface area contributed by atoms with E-state index >= 15 is 0 Å². The smallest absolute Gasteiger partial charge is 0.163 e. The number of hydrogen-bond donors (Lipinski definition) is 0. The highest BCUT2D eigenvalue weighted by molar-refractivity contribution is 7.10. The van der Waals surface area contributed by atoms with Crippen LogP contribution in [0.15, 0.2) is 11.4 Å². The molecule has 0 atom stereocenters. The number of carbonyl (C=O) groups is 1. The van der Waals surface area contributed by atoms with Crippen LogP contribution < -0.4 is 0 Å².